The minimum atomic E-state index is -1.32. The SMILES string of the molecule is CCOC(=O)CC1OB(O)c2cc(Oc3cnccn3)cc(O)c21.O=C(O)CC1OB(O)c2cc(Oc3cnccn3)cc(O)c21.[Li+].[OH-]. The monoisotopic (exact) mass is 656 g/mol. The third-order valence-corrected chi connectivity index (χ3v) is 6.63. The van der Waals surface area contributed by atoms with Crippen molar-refractivity contribution in [2.45, 2.75) is 32.0 Å². The van der Waals surface area contributed by atoms with Crippen LogP contribution in [0.5, 0.6) is 34.8 Å². The number of carboxylic acids is 1. The quantitative estimate of drug-likeness (QED) is 0.0939. The maximum atomic E-state index is 11.6. The van der Waals surface area contributed by atoms with Crippen molar-refractivity contribution < 1.29 is 82.8 Å². The van der Waals surface area contributed by atoms with Crippen molar-refractivity contribution in [2.24, 2.45) is 0 Å². The third-order valence-electron chi connectivity index (χ3n) is 6.63. The topological polar surface area (TPSA) is 263 Å². The number of phenols is 2. The summed E-state index contributed by atoms with van der Waals surface area (Å²) >= 11 is 0. The number of esters is 1. The van der Waals surface area contributed by atoms with Crippen LogP contribution in [-0.4, -0.2) is 83.6 Å². The van der Waals surface area contributed by atoms with E-state index in [0.717, 1.165) is 0 Å². The molecule has 4 heterocycles. The molecule has 0 radical (unpaired) electrons. The second kappa shape index (κ2) is 16.9. The zero-order valence-corrected chi connectivity index (χ0v) is 25.5. The van der Waals surface area contributed by atoms with Crippen LogP contribution in [0.1, 0.15) is 43.1 Å². The fraction of sp³-hybridized carbons (Fsp3) is 0.214. The Hall–Kier alpha value is -4.73. The molecule has 2 aliphatic rings. The zero-order valence-electron chi connectivity index (χ0n) is 25.5. The smallest absolute Gasteiger partial charge is 0.870 e. The van der Waals surface area contributed by atoms with Gasteiger partial charge in [0.15, 0.2) is 0 Å². The first-order valence-corrected chi connectivity index (χ1v) is 13.8. The average molecular weight is 656 g/mol. The summed E-state index contributed by atoms with van der Waals surface area (Å²) in [6, 6.07) is 5.67. The number of hydrogen-bond acceptors (Lipinski definition) is 16. The number of carbonyl (C=O) groups is 2. The van der Waals surface area contributed by atoms with Gasteiger partial charge in [-0.2, -0.15) is 0 Å². The average Bonchev–Trinajstić information content (AvgIpc) is 3.49. The molecular weight excluding hydrogens is 629 g/mol. The van der Waals surface area contributed by atoms with Crippen LogP contribution >= 0.6 is 0 Å². The molecule has 6 N–H and O–H groups in total. The summed E-state index contributed by atoms with van der Waals surface area (Å²) in [5.74, 6) is -0.949. The van der Waals surface area contributed by atoms with Gasteiger partial charge in [0.1, 0.15) is 23.0 Å². The van der Waals surface area contributed by atoms with Crippen molar-refractivity contribution in [3.63, 3.8) is 0 Å². The first-order chi connectivity index (χ1) is 22.1. The fourth-order valence-corrected chi connectivity index (χ4v) is 4.84. The van der Waals surface area contributed by atoms with Gasteiger partial charge in [0.05, 0.1) is 44.1 Å². The molecule has 6 rings (SSSR count). The van der Waals surface area contributed by atoms with Crippen molar-refractivity contribution in [3.05, 3.63) is 72.6 Å². The number of aromatic hydroxyl groups is 2. The molecule has 2 unspecified atom stereocenters. The first-order valence-electron chi connectivity index (χ1n) is 13.8. The Labute approximate surface area is 285 Å². The van der Waals surface area contributed by atoms with Crippen LogP contribution in [0.25, 0.3) is 0 Å². The van der Waals surface area contributed by atoms with Crippen LogP contribution in [0, 0.1) is 0 Å². The molecule has 4 aromatic rings. The number of phenolic OH excluding ortho intramolecular Hbond substituents is 2. The molecule has 0 amide bonds. The third kappa shape index (κ3) is 8.99. The molecule has 0 saturated carbocycles. The van der Waals surface area contributed by atoms with E-state index in [4.69, 9.17) is 28.6 Å². The standard InChI is InChI=1S/C15H15BN2O6.C13H11BN2O6.Li.H2O/c1-2-22-14(20)7-12-15-10(16(21)24-12)5-9(6-11(15)19)23-13-8-17-3-4-18-13;17-9-4-7(21-11-6-15-1-2-16-11)3-8-13(9)10(5-12(18)19)22-14(8)20;;/h3-6,8,12,19,21H,2,7H2,1H3;1-4,6,10,17,20H,5H2,(H,18,19);;1H2/q;;+1;/p-1. The number of fused-ring (bicyclic) bond motifs is 2. The van der Waals surface area contributed by atoms with Gasteiger partial charge in [-0.3, -0.25) is 19.6 Å². The number of carboxylic acid groups (broad SMARTS) is 1. The molecule has 20 heteroatoms. The minimum Gasteiger partial charge on any atom is -0.870 e. The van der Waals surface area contributed by atoms with Crippen LogP contribution in [0.4, 0.5) is 0 Å². The van der Waals surface area contributed by atoms with Crippen molar-refractivity contribution >= 4 is 37.1 Å². The number of aliphatic carboxylic acids is 1. The zero-order chi connectivity index (χ0) is 32.8. The Morgan fingerprint density at radius 3 is 1.65 bits per heavy atom. The van der Waals surface area contributed by atoms with Crippen LogP contribution < -0.4 is 39.3 Å². The molecule has 2 aromatic heterocycles. The molecule has 0 aliphatic carbocycles. The largest absolute Gasteiger partial charge is 1.00 e. The maximum absolute atomic E-state index is 11.6. The van der Waals surface area contributed by atoms with Gasteiger partial charge in [-0.25, -0.2) is 9.97 Å². The molecule has 0 fully saturated rings. The summed E-state index contributed by atoms with van der Waals surface area (Å²) in [4.78, 5) is 38.1. The van der Waals surface area contributed by atoms with Gasteiger partial charge in [0, 0.05) is 48.0 Å². The summed E-state index contributed by atoms with van der Waals surface area (Å²) in [6.45, 7) is 1.95. The van der Waals surface area contributed by atoms with E-state index in [1.807, 2.05) is 0 Å². The van der Waals surface area contributed by atoms with Gasteiger partial charge < -0.3 is 54.4 Å². The van der Waals surface area contributed by atoms with Crippen molar-refractivity contribution in [2.75, 3.05) is 6.61 Å². The number of benzene rings is 2. The number of aromatic nitrogens is 4. The molecule has 0 spiro atoms. The molecule has 48 heavy (non-hydrogen) atoms. The summed E-state index contributed by atoms with van der Waals surface area (Å²) in [5.41, 5.74) is 1.21. The van der Waals surface area contributed by atoms with E-state index in [2.05, 4.69) is 19.9 Å². The van der Waals surface area contributed by atoms with Gasteiger partial charge in [-0.1, -0.05) is 0 Å². The molecular formula is C28H27B2LiN4O13. The Morgan fingerprint density at radius 2 is 1.25 bits per heavy atom. The number of rotatable bonds is 9. The fourth-order valence-electron chi connectivity index (χ4n) is 4.84. The Kier molecular flexibility index (Phi) is 13.3. The Balaban J connectivity index is 0.000000251. The van der Waals surface area contributed by atoms with E-state index in [1.165, 1.54) is 61.4 Å². The van der Waals surface area contributed by atoms with Gasteiger partial charge in [0.25, 0.3) is 0 Å². The van der Waals surface area contributed by atoms with E-state index in [9.17, 15) is 29.9 Å². The van der Waals surface area contributed by atoms with Crippen LogP contribution in [0.15, 0.2) is 61.4 Å². The molecule has 17 nitrogen and oxygen atoms in total. The molecule has 0 saturated heterocycles. The van der Waals surface area contributed by atoms with E-state index >= 15 is 0 Å². The van der Waals surface area contributed by atoms with E-state index in [0.29, 0.717) is 11.0 Å². The molecule has 0 bridgehead atoms. The van der Waals surface area contributed by atoms with E-state index < -0.39 is 38.4 Å². The molecule has 2 aromatic carbocycles. The first kappa shape index (κ1) is 37.7. The summed E-state index contributed by atoms with van der Waals surface area (Å²) in [7, 11) is -2.59. The predicted octanol–water partition coefficient (Wildman–Crippen LogP) is -2.28. The Morgan fingerprint density at radius 1 is 0.792 bits per heavy atom. The summed E-state index contributed by atoms with van der Waals surface area (Å²) < 4.78 is 26.3. The number of carbonyl (C=O) groups excluding carboxylic acids is 1. The van der Waals surface area contributed by atoms with Crippen molar-refractivity contribution in [3.8, 4) is 34.8 Å². The minimum absolute atomic E-state index is 0. The molecule has 2 atom stereocenters. The van der Waals surface area contributed by atoms with Crippen LogP contribution in [0.3, 0.4) is 0 Å². The maximum Gasteiger partial charge on any atom is 1.00 e. The number of hydrogen-bond donors (Lipinski definition) is 5. The van der Waals surface area contributed by atoms with Crippen molar-refractivity contribution in [1.29, 1.82) is 0 Å². The second-order valence-electron chi connectivity index (χ2n) is 9.74. The Bertz CT molecular complexity index is 1710. The predicted molar refractivity (Wildman–Crippen MR) is 159 cm³/mol. The van der Waals surface area contributed by atoms with Gasteiger partial charge in [-0.05, 0) is 30.0 Å². The number of nitrogens with zero attached hydrogens (tertiary/aromatic N) is 4. The van der Waals surface area contributed by atoms with E-state index in [-0.39, 0.29) is 89.6 Å². The van der Waals surface area contributed by atoms with Crippen LogP contribution in [-0.2, 0) is 23.6 Å². The van der Waals surface area contributed by atoms with Gasteiger partial charge in [0.2, 0.25) is 11.8 Å². The summed E-state index contributed by atoms with van der Waals surface area (Å²) in [6.07, 6.45) is 6.57. The van der Waals surface area contributed by atoms with Crippen LogP contribution in [0.2, 0.25) is 0 Å². The van der Waals surface area contributed by atoms with Gasteiger partial charge in [-0.15, -0.1) is 0 Å². The second-order valence-corrected chi connectivity index (χ2v) is 9.74. The van der Waals surface area contributed by atoms with E-state index in [1.54, 1.807) is 6.92 Å². The van der Waals surface area contributed by atoms with Gasteiger partial charge >= 0.3 is 45.0 Å². The number of ether oxygens (including phenoxy) is 3. The summed E-state index contributed by atoms with van der Waals surface area (Å²) in [5, 5.41) is 49.1. The normalized spacial score (nSPS) is 15.5. The molecule has 244 valence electrons. The van der Waals surface area contributed by atoms with Crippen molar-refractivity contribution in [1.82, 2.24) is 19.9 Å². The molecule has 2 aliphatic heterocycles.